The Morgan fingerprint density at radius 3 is 2.62 bits per heavy atom. The number of fused-ring (bicyclic) bond motifs is 1. The van der Waals surface area contributed by atoms with Crippen LogP contribution in [0.4, 0.5) is 5.69 Å². The molecule has 0 radical (unpaired) electrons. The molecule has 34 heavy (non-hydrogen) atoms. The van der Waals surface area contributed by atoms with Crippen molar-refractivity contribution in [2.24, 2.45) is 0 Å². The molecule has 0 aliphatic heterocycles. The molecule has 3 aromatic heterocycles. The molecule has 1 amide bonds. The number of anilines is 1. The molecule has 0 unspecified atom stereocenters. The van der Waals surface area contributed by atoms with Crippen molar-refractivity contribution in [3.05, 3.63) is 75.3 Å². The lowest BCUT2D eigenvalue weighted by Gasteiger charge is -2.15. The van der Waals surface area contributed by atoms with E-state index in [1.165, 1.54) is 0 Å². The van der Waals surface area contributed by atoms with E-state index in [4.69, 9.17) is 4.98 Å². The summed E-state index contributed by atoms with van der Waals surface area (Å²) in [6.07, 6.45) is 1.68. The van der Waals surface area contributed by atoms with Crippen molar-refractivity contribution in [3.63, 3.8) is 0 Å². The van der Waals surface area contributed by atoms with E-state index < -0.39 is 0 Å². The lowest BCUT2D eigenvalue weighted by atomic mass is 10.0. The maximum Gasteiger partial charge on any atom is 0.253 e. The van der Waals surface area contributed by atoms with Crippen LogP contribution in [-0.2, 0) is 6.54 Å². The molecule has 8 nitrogen and oxygen atoms in total. The van der Waals surface area contributed by atoms with Crippen molar-refractivity contribution >= 4 is 22.6 Å². The van der Waals surface area contributed by atoms with Gasteiger partial charge >= 0.3 is 0 Å². The first kappa shape index (κ1) is 23.2. The number of aromatic nitrogens is 4. The Balaban J connectivity index is 1.78. The van der Waals surface area contributed by atoms with Crippen LogP contribution in [-0.4, -0.2) is 39.8 Å². The van der Waals surface area contributed by atoms with Gasteiger partial charge in [-0.1, -0.05) is 12.1 Å². The molecule has 4 rings (SSSR count). The van der Waals surface area contributed by atoms with E-state index in [9.17, 15) is 9.59 Å². The summed E-state index contributed by atoms with van der Waals surface area (Å²) >= 11 is 0. The lowest BCUT2D eigenvalue weighted by molar-refractivity contribution is 0.0952. The normalized spacial score (nSPS) is 11.3. The molecule has 3 heterocycles. The molecular weight excluding hydrogens is 428 g/mol. The summed E-state index contributed by atoms with van der Waals surface area (Å²) < 4.78 is 1.82. The fourth-order valence-electron chi connectivity index (χ4n) is 4.04. The van der Waals surface area contributed by atoms with Gasteiger partial charge in [0, 0.05) is 49.2 Å². The van der Waals surface area contributed by atoms with E-state index >= 15 is 0 Å². The highest BCUT2D eigenvalue weighted by atomic mass is 16.1. The van der Waals surface area contributed by atoms with Crippen molar-refractivity contribution in [1.82, 2.24) is 25.1 Å². The van der Waals surface area contributed by atoms with Gasteiger partial charge in [-0.25, -0.2) is 9.67 Å². The van der Waals surface area contributed by atoms with E-state index in [2.05, 4.69) is 15.4 Å². The number of rotatable bonds is 6. The average molecular weight is 459 g/mol. The minimum Gasteiger partial charge on any atom is -0.378 e. The van der Waals surface area contributed by atoms with Gasteiger partial charge in [0.1, 0.15) is 0 Å². The molecule has 0 fully saturated rings. The van der Waals surface area contributed by atoms with Crippen LogP contribution in [0.1, 0.15) is 47.1 Å². The smallest absolute Gasteiger partial charge is 0.253 e. The van der Waals surface area contributed by atoms with Gasteiger partial charge in [-0.2, -0.15) is 5.10 Å². The van der Waals surface area contributed by atoms with Gasteiger partial charge < -0.3 is 15.2 Å². The zero-order valence-corrected chi connectivity index (χ0v) is 20.4. The number of carbonyl (C=O) groups is 1. The second-order valence-electron chi connectivity index (χ2n) is 9.05. The first-order valence-electron chi connectivity index (χ1n) is 11.3. The van der Waals surface area contributed by atoms with Crippen LogP contribution in [0.3, 0.4) is 0 Å². The third-order valence-electron chi connectivity index (χ3n) is 5.88. The minimum absolute atomic E-state index is 0.0815. The zero-order valence-electron chi connectivity index (χ0n) is 20.4. The Morgan fingerprint density at radius 2 is 1.94 bits per heavy atom. The number of amides is 1. The molecule has 2 N–H and O–H groups in total. The Bertz CT molecular complexity index is 1430. The van der Waals surface area contributed by atoms with E-state index in [0.29, 0.717) is 27.9 Å². The fraction of sp³-hybridized carbons (Fsp3) is 0.308. The summed E-state index contributed by atoms with van der Waals surface area (Å²) in [6, 6.07) is 11.8. The van der Waals surface area contributed by atoms with Crippen LogP contribution < -0.4 is 15.8 Å². The molecular formula is C26H30N6O2. The Morgan fingerprint density at radius 1 is 1.18 bits per heavy atom. The Hall–Kier alpha value is -3.94. The molecule has 0 saturated heterocycles. The predicted molar refractivity (Wildman–Crippen MR) is 135 cm³/mol. The van der Waals surface area contributed by atoms with Crippen molar-refractivity contribution < 1.29 is 4.79 Å². The van der Waals surface area contributed by atoms with E-state index in [0.717, 1.165) is 22.5 Å². The standard InChI is InChI=1S/C26H30N6O2/c1-15(2)32-24-22(14-28-32)20(12-23(30-24)18-8-7-9-19(11-18)31(5)6)25(33)27-13-21-16(3)10-17(4)29-26(21)34/h7-12,14-15H,13H2,1-6H3,(H,27,33)(H,29,34). The van der Waals surface area contributed by atoms with Crippen molar-refractivity contribution in [1.29, 1.82) is 0 Å². The number of hydrogen-bond donors (Lipinski definition) is 2. The molecule has 0 spiro atoms. The van der Waals surface area contributed by atoms with E-state index in [1.807, 2.05) is 81.7 Å². The van der Waals surface area contributed by atoms with Crippen LogP contribution in [0.25, 0.3) is 22.3 Å². The van der Waals surface area contributed by atoms with Crippen molar-refractivity contribution in [2.45, 2.75) is 40.3 Å². The Labute approximate surface area is 198 Å². The summed E-state index contributed by atoms with van der Waals surface area (Å²) in [5, 5.41) is 8.08. The number of hydrogen-bond acceptors (Lipinski definition) is 5. The third-order valence-corrected chi connectivity index (χ3v) is 5.88. The van der Waals surface area contributed by atoms with Gasteiger partial charge in [0.2, 0.25) is 0 Å². The Kier molecular flexibility index (Phi) is 6.24. The number of benzene rings is 1. The highest BCUT2D eigenvalue weighted by Crippen LogP contribution is 2.28. The second kappa shape index (κ2) is 9.13. The summed E-state index contributed by atoms with van der Waals surface area (Å²) in [5.41, 5.74) is 5.75. The molecule has 0 saturated carbocycles. The topological polar surface area (TPSA) is 95.9 Å². The number of aryl methyl sites for hydroxylation is 2. The average Bonchev–Trinajstić information content (AvgIpc) is 3.22. The molecule has 4 aromatic rings. The highest BCUT2D eigenvalue weighted by molar-refractivity contribution is 6.06. The third kappa shape index (κ3) is 4.44. The quantitative estimate of drug-likeness (QED) is 0.456. The molecule has 0 bridgehead atoms. The number of carbonyl (C=O) groups excluding carboxylic acids is 1. The monoisotopic (exact) mass is 458 g/mol. The van der Waals surface area contributed by atoms with Crippen LogP contribution in [0, 0.1) is 13.8 Å². The zero-order chi connectivity index (χ0) is 24.6. The van der Waals surface area contributed by atoms with Gasteiger partial charge in [-0.3, -0.25) is 9.59 Å². The first-order chi connectivity index (χ1) is 16.2. The van der Waals surface area contributed by atoms with Gasteiger partial charge in [-0.15, -0.1) is 0 Å². The number of nitrogens with one attached hydrogen (secondary N) is 2. The summed E-state index contributed by atoms with van der Waals surface area (Å²) in [5.74, 6) is -0.278. The number of aromatic amines is 1. The van der Waals surface area contributed by atoms with Crippen LogP contribution >= 0.6 is 0 Å². The summed E-state index contributed by atoms with van der Waals surface area (Å²) in [4.78, 5) is 35.5. The van der Waals surface area contributed by atoms with Crippen LogP contribution in [0.2, 0.25) is 0 Å². The maximum atomic E-state index is 13.4. The van der Waals surface area contributed by atoms with E-state index in [1.54, 1.807) is 12.3 Å². The van der Waals surface area contributed by atoms with Gasteiger partial charge in [0.25, 0.3) is 11.5 Å². The van der Waals surface area contributed by atoms with Crippen LogP contribution in [0.15, 0.2) is 47.4 Å². The number of H-pyrrole nitrogens is 1. The molecule has 1 aromatic carbocycles. The highest BCUT2D eigenvalue weighted by Gasteiger charge is 2.19. The predicted octanol–water partition coefficient (Wildman–Crippen LogP) is 3.98. The summed E-state index contributed by atoms with van der Waals surface area (Å²) in [6.45, 7) is 7.90. The van der Waals surface area contributed by atoms with Crippen LogP contribution in [0.5, 0.6) is 0 Å². The molecule has 0 aliphatic rings. The molecule has 0 atom stereocenters. The molecule has 8 heteroatoms. The van der Waals surface area contributed by atoms with Gasteiger partial charge in [0.15, 0.2) is 5.65 Å². The van der Waals surface area contributed by atoms with E-state index in [-0.39, 0.29) is 24.1 Å². The van der Waals surface area contributed by atoms with Crippen molar-refractivity contribution in [3.8, 4) is 11.3 Å². The number of nitrogens with zero attached hydrogens (tertiary/aromatic N) is 4. The fourth-order valence-corrected chi connectivity index (χ4v) is 4.04. The SMILES string of the molecule is Cc1cc(C)c(CNC(=O)c2cc(-c3cccc(N(C)C)c3)nc3c2cnn3C(C)C)c(=O)[nH]1. The first-order valence-corrected chi connectivity index (χ1v) is 11.3. The lowest BCUT2D eigenvalue weighted by Crippen LogP contribution is -2.28. The molecule has 0 aliphatic carbocycles. The summed E-state index contributed by atoms with van der Waals surface area (Å²) in [7, 11) is 3.97. The second-order valence-corrected chi connectivity index (χ2v) is 9.05. The molecule has 176 valence electrons. The maximum absolute atomic E-state index is 13.4. The van der Waals surface area contributed by atoms with Crippen molar-refractivity contribution in [2.75, 3.05) is 19.0 Å². The minimum atomic E-state index is -0.278. The largest absolute Gasteiger partial charge is 0.378 e. The van der Waals surface area contributed by atoms with Gasteiger partial charge in [-0.05, 0) is 57.5 Å². The van der Waals surface area contributed by atoms with Gasteiger partial charge in [0.05, 0.1) is 22.8 Å². The number of pyridine rings is 2.